The predicted molar refractivity (Wildman–Crippen MR) is 93.5 cm³/mol. The molecule has 2 saturated heterocycles. The molecule has 2 aliphatic rings. The number of likely N-dealkylation sites (tertiary alicyclic amines) is 1. The van der Waals surface area contributed by atoms with Gasteiger partial charge in [-0.3, -0.25) is 4.90 Å². The zero-order valence-electron chi connectivity index (χ0n) is 13.4. The molecule has 3 rings (SSSR count). The Hall–Kier alpha value is -0.610. The van der Waals surface area contributed by atoms with Gasteiger partial charge in [0.1, 0.15) is 0 Å². The minimum atomic E-state index is 0.471. The first-order valence-corrected chi connectivity index (χ1v) is 9.13. The smallest absolute Gasteiger partial charge is 0.0476 e. The van der Waals surface area contributed by atoms with Crippen LogP contribution in [0.5, 0.6) is 0 Å². The number of nitrogens with zero attached hydrogens (tertiary/aromatic N) is 2. The van der Waals surface area contributed by atoms with Crippen LogP contribution in [0.25, 0.3) is 0 Å². The van der Waals surface area contributed by atoms with Gasteiger partial charge in [0.25, 0.3) is 0 Å². The van der Waals surface area contributed by atoms with Gasteiger partial charge < -0.3 is 10.2 Å². The Bertz CT molecular complexity index is 451. The molecule has 4 heteroatoms. The second-order valence-corrected chi connectivity index (χ2v) is 7.01. The molecule has 22 heavy (non-hydrogen) atoms. The fraction of sp³-hybridized carbons (Fsp3) is 0.667. The van der Waals surface area contributed by atoms with Gasteiger partial charge in [-0.2, -0.15) is 0 Å². The molecule has 0 amide bonds. The van der Waals surface area contributed by atoms with Crippen LogP contribution in [0, 0.1) is 0 Å². The predicted octanol–water partition coefficient (Wildman–Crippen LogP) is 3.16. The van der Waals surface area contributed by atoms with Gasteiger partial charge in [-0.25, -0.2) is 0 Å². The van der Waals surface area contributed by atoms with Crippen molar-refractivity contribution in [2.45, 2.75) is 31.7 Å². The Morgan fingerprint density at radius 2 is 1.73 bits per heavy atom. The maximum absolute atomic E-state index is 6.25. The topological polar surface area (TPSA) is 18.5 Å². The molecule has 0 bridgehead atoms. The van der Waals surface area contributed by atoms with Crippen molar-refractivity contribution in [3.05, 3.63) is 34.9 Å². The summed E-state index contributed by atoms with van der Waals surface area (Å²) in [5.74, 6) is 0. The van der Waals surface area contributed by atoms with E-state index < -0.39 is 0 Å². The molecule has 0 spiro atoms. The van der Waals surface area contributed by atoms with Crippen molar-refractivity contribution in [1.29, 1.82) is 0 Å². The monoisotopic (exact) mass is 321 g/mol. The molecule has 1 aromatic carbocycles. The number of nitrogens with one attached hydrogen (secondary N) is 1. The molecule has 1 N–H and O–H groups in total. The van der Waals surface area contributed by atoms with Crippen LogP contribution >= 0.6 is 11.6 Å². The number of piperazine rings is 1. The lowest BCUT2D eigenvalue weighted by atomic mass is 10.0. The van der Waals surface area contributed by atoms with Crippen LogP contribution in [-0.2, 0) is 0 Å². The van der Waals surface area contributed by atoms with E-state index in [1.54, 1.807) is 0 Å². The third kappa shape index (κ3) is 4.45. The maximum atomic E-state index is 6.25. The van der Waals surface area contributed by atoms with Gasteiger partial charge in [-0.05, 0) is 43.6 Å². The Morgan fingerprint density at radius 1 is 1.00 bits per heavy atom. The van der Waals surface area contributed by atoms with E-state index in [2.05, 4.69) is 33.3 Å². The van der Waals surface area contributed by atoms with E-state index in [0.29, 0.717) is 6.04 Å². The number of rotatable bonds is 4. The third-order valence-electron chi connectivity index (χ3n) is 4.96. The molecule has 0 saturated carbocycles. The second kappa shape index (κ2) is 8.30. The fourth-order valence-electron chi connectivity index (χ4n) is 3.70. The fourth-order valence-corrected chi connectivity index (χ4v) is 3.90. The largest absolute Gasteiger partial charge is 0.314 e. The van der Waals surface area contributed by atoms with E-state index in [0.717, 1.165) is 37.7 Å². The van der Waals surface area contributed by atoms with E-state index in [1.807, 2.05) is 6.07 Å². The molecular formula is C18H28ClN3. The molecule has 2 aliphatic heterocycles. The van der Waals surface area contributed by atoms with Crippen molar-refractivity contribution in [2.24, 2.45) is 0 Å². The van der Waals surface area contributed by atoms with E-state index >= 15 is 0 Å². The summed E-state index contributed by atoms with van der Waals surface area (Å²) in [5.41, 5.74) is 1.37. The van der Waals surface area contributed by atoms with Crippen LogP contribution < -0.4 is 5.32 Å². The highest BCUT2D eigenvalue weighted by Crippen LogP contribution is 2.26. The number of hydrogen-bond donors (Lipinski definition) is 1. The van der Waals surface area contributed by atoms with Crippen molar-refractivity contribution < 1.29 is 0 Å². The van der Waals surface area contributed by atoms with E-state index in [-0.39, 0.29) is 0 Å². The van der Waals surface area contributed by atoms with Crippen molar-refractivity contribution >= 4 is 11.6 Å². The van der Waals surface area contributed by atoms with Crippen molar-refractivity contribution in [3.8, 4) is 0 Å². The SMILES string of the molecule is Clc1cccc(C(CN2CCCCCC2)N2CCNCC2)c1. The molecule has 2 fully saturated rings. The summed E-state index contributed by atoms with van der Waals surface area (Å²) in [6.07, 6.45) is 5.49. The normalized spacial score (nSPS) is 23.1. The zero-order chi connectivity index (χ0) is 15.2. The van der Waals surface area contributed by atoms with Crippen LogP contribution in [0.15, 0.2) is 24.3 Å². The highest BCUT2D eigenvalue weighted by molar-refractivity contribution is 6.30. The Balaban J connectivity index is 1.75. The average molecular weight is 322 g/mol. The van der Waals surface area contributed by atoms with Gasteiger partial charge in [-0.15, -0.1) is 0 Å². The first-order chi connectivity index (χ1) is 10.8. The maximum Gasteiger partial charge on any atom is 0.0476 e. The minimum Gasteiger partial charge on any atom is -0.314 e. The molecule has 1 aromatic rings. The van der Waals surface area contributed by atoms with Crippen LogP contribution in [-0.4, -0.2) is 55.6 Å². The molecule has 122 valence electrons. The van der Waals surface area contributed by atoms with Gasteiger partial charge in [0.05, 0.1) is 0 Å². The van der Waals surface area contributed by atoms with Crippen LogP contribution in [0.3, 0.4) is 0 Å². The molecular weight excluding hydrogens is 294 g/mol. The summed E-state index contributed by atoms with van der Waals surface area (Å²) in [6, 6.07) is 8.95. The first-order valence-electron chi connectivity index (χ1n) is 8.75. The van der Waals surface area contributed by atoms with Crippen LogP contribution in [0.1, 0.15) is 37.3 Å². The minimum absolute atomic E-state index is 0.471. The van der Waals surface area contributed by atoms with Crippen LogP contribution in [0.2, 0.25) is 5.02 Å². The van der Waals surface area contributed by atoms with Gasteiger partial charge in [0.2, 0.25) is 0 Å². The summed E-state index contributed by atoms with van der Waals surface area (Å²) >= 11 is 6.25. The van der Waals surface area contributed by atoms with E-state index in [9.17, 15) is 0 Å². The summed E-state index contributed by atoms with van der Waals surface area (Å²) in [6.45, 7) is 8.09. The molecule has 0 radical (unpaired) electrons. The number of benzene rings is 1. The average Bonchev–Trinajstić information content (AvgIpc) is 2.82. The molecule has 2 heterocycles. The molecule has 0 aromatic heterocycles. The highest BCUT2D eigenvalue weighted by Gasteiger charge is 2.25. The van der Waals surface area contributed by atoms with Gasteiger partial charge in [0, 0.05) is 43.8 Å². The zero-order valence-corrected chi connectivity index (χ0v) is 14.2. The third-order valence-corrected chi connectivity index (χ3v) is 5.19. The van der Waals surface area contributed by atoms with Crippen molar-refractivity contribution in [3.63, 3.8) is 0 Å². The first kappa shape index (κ1) is 16.3. The summed E-state index contributed by atoms with van der Waals surface area (Å²) in [7, 11) is 0. The highest BCUT2D eigenvalue weighted by atomic mass is 35.5. The summed E-state index contributed by atoms with van der Waals surface area (Å²) in [4.78, 5) is 5.30. The quantitative estimate of drug-likeness (QED) is 0.919. The summed E-state index contributed by atoms with van der Waals surface area (Å²) < 4.78 is 0. The Morgan fingerprint density at radius 3 is 2.41 bits per heavy atom. The lowest BCUT2D eigenvalue weighted by molar-refractivity contribution is 0.126. The Kier molecular flexibility index (Phi) is 6.13. The van der Waals surface area contributed by atoms with Gasteiger partial charge in [0.15, 0.2) is 0 Å². The molecule has 3 nitrogen and oxygen atoms in total. The second-order valence-electron chi connectivity index (χ2n) is 6.57. The number of halogens is 1. The van der Waals surface area contributed by atoms with Crippen molar-refractivity contribution in [1.82, 2.24) is 15.1 Å². The lowest BCUT2D eigenvalue weighted by Gasteiger charge is -2.38. The lowest BCUT2D eigenvalue weighted by Crippen LogP contribution is -2.48. The standard InChI is InChI=1S/C18H28ClN3/c19-17-7-5-6-16(14-17)18(22-12-8-20-9-13-22)15-21-10-3-1-2-4-11-21/h5-7,14,18,20H,1-4,8-13,15H2. The van der Waals surface area contributed by atoms with E-state index in [1.165, 1.54) is 44.3 Å². The van der Waals surface area contributed by atoms with Gasteiger partial charge >= 0.3 is 0 Å². The molecule has 1 unspecified atom stereocenters. The van der Waals surface area contributed by atoms with E-state index in [4.69, 9.17) is 11.6 Å². The van der Waals surface area contributed by atoms with Crippen LogP contribution in [0.4, 0.5) is 0 Å². The Labute approximate surface area is 139 Å². The number of hydrogen-bond acceptors (Lipinski definition) is 3. The summed E-state index contributed by atoms with van der Waals surface area (Å²) in [5, 5.41) is 4.32. The molecule has 1 atom stereocenters. The molecule has 0 aliphatic carbocycles. The van der Waals surface area contributed by atoms with Gasteiger partial charge in [-0.1, -0.05) is 36.6 Å². The van der Waals surface area contributed by atoms with Crippen molar-refractivity contribution in [2.75, 3.05) is 45.8 Å².